The lowest BCUT2D eigenvalue weighted by atomic mass is 9.94. The van der Waals surface area contributed by atoms with Crippen molar-refractivity contribution in [2.75, 3.05) is 12.3 Å². The van der Waals surface area contributed by atoms with E-state index in [2.05, 4.69) is 5.32 Å². The summed E-state index contributed by atoms with van der Waals surface area (Å²) in [6.45, 7) is 2.20. The third-order valence-corrected chi connectivity index (χ3v) is 4.11. The Balaban J connectivity index is 1.97. The second kappa shape index (κ2) is 6.27. The molecule has 0 radical (unpaired) electrons. The third kappa shape index (κ3) is 3.73. The van der Waals surface area contributed by atoms with Gasteiger partial charge in [0.2, 0.25) is 0 Å². The highest BCUT2D eigenvalue weighted by Crippen LogP contribution is 2.26. The quantitative estimate of drug-likeness (QED) is 0.586. The molecule has 0 unspecified atom stereocenters. The Morgan fingerprint density at radius 3 is 2.55 bits per heavy atom. The fourth-order valence-electron chi connectivity index (χ4n) is 2.85. The van der Waals surface area contributed by atoms with Crippen molar-refractivity contribution in [3.8, 4) is 0 Å². The smallest absolute Gasteiger partial charge is 0.251 e. The molecule has 0 saturated heterocycles. The van der Waals surface area contributed by atoms with Gasteiger partial charge >= 0.3 is 0 Å². The summed E-state index contributed by atoms with van der Waals surface area (Å²) in [5.74, 6) is -0.139. The highest BCUT2D eigenvalue weighted by Gasteiger charge is 2.28. The molecule has 0 aliphatic heterocycles. The number of nitrogen functional groups attached to an aromatic ring is 1. The number of aliphatic hydroxyl groups is 1. The molecule has 0 atom stereocenters. The number of nitrogens with two attached hydrogens (primary N) is 1. The molecule has 1 saturated carbocycles. The summed E-state index contributed by atoms with van der Waals surface area (Å²) in [6.07, 6.45) is 5.96. The molecule has 2 rings (SSSR count). The van der Waals surface area contributed by atoms with Gasteiger partial charge in [-0.05, 0) is 43.5 Å². The SMILES string of the molecule is Cc1cc(N)ccc1C(=O)NCC1(O)CCCCCC1. The number of benzene rings is 1. The van der Waals surface area contributed by atoms with Gasteiger partial charge in [0.1, 0.15) is 0 Å². The Kier molecular flexibility index (Phi) is 4.65. The molecule has 1 amide bonds. The van der Waals surface area contributed by atoms with Gasteiger partial charge in [0.05, 0.1) is 5.60 Å². The first-order valence-corrected chi connectivity index (χ1v) is 7.37. The molecule has 1 aromatic rings. The van der Waals surface area contributed by atoms with Crippen molar-refractivity contribution in [1.82, 2.24) is 5.32 Å². The number of amides is 1. The molecule has 20 heavy (non-hydrogen) atoms. The number of hydrogen-bond acceptors (Lipinski definition) is 3. The molecule has 1 aliphatic rings. The van der Waals surface area contributed by atoms with Gasteiger partial charge in [-0.3, -0.25) is 4.79 Å². The first kappa shape index (κ1) is 14.9. The van der Waals surface area contributed by atoms with Crippen molar-refractivity contribution in [3.05, 3.63) is 29.3 Å². The molecule has 1 aliphatic carbocycles. The Labute approximate surface area is 120 Å². The van der Waals surface area contributed by atoms with Crippen LogP contribution >= 0.6 is 0 Å². The zero-order valence-corrected chi connectivity index (χ0v) is 12.1. The normalized spacial score (nSPS) is 18.3. The molecule has 1 aromatic carbocycles. The average molecular weight is 276 g/mol. The molecule has 1 fully saturated rings. The molecule has 0 aromatic heterocycles. The van der Waals surface area contributed by atoms with E-state index in [1.807, 2.05) is 6.92 Å². The van der Waals surface area contributed by atoms with Crippen LogP contribution in [0.2, 0.25) is 0 Å². The highest BCUT2D eigenvalue weighted by atomic mass is 16.3. The molecular formula is C16H24N2O2. The van der Waals surface area contributed by atoms with Gasteiger partial charge in [0.25, 0.3) is 5.91 Å². The number of rotatable bonds is 3. The number of nitrogens with one attached hydrogen (secondary N) is 1. The summed E-state index contributed by atoms with van der Waals surface area (Å²) in [5.41, 5.74) is 7.08. The van der Waals surface area contributed by atoms with Gasteiger partial charge < -0.3 is 16.2 Å². The van der Waals surface area contributed by atoms with Crippen molar-refractivity contribution in [1.29, 1.82) is 0 Å². The first-order valence-electron chi connectivity index (χ1n) is 7.37. The van der Waals surface area contributed by atoms with Crippen molar-refractivity contribution in [2.45, 2.75) is 51.0 Å². The van der Waals surface area contributed by atoms with Crippen LogP contribution in [0.15, 0.2) is 18.2 Å². The maximum atomic E-state index is 12.2. The lowest BCUT2D eigenvalue weighted by molar-refractivity contribution is 0.0246. The van der Waals surface area contributed by atoms with E-state index in [1.165, 1.54) is 12.8 Å². The predicted molar refractivity (Wildman–Crippen MR) is 80.6 cm³/mol. The van der Waals surface area contributed by atoms with Crippen LogP contribution in [-0.4, -0.2) is 23.2 Å². The number of aryl methyl sites for hydroxylation is 1. The summed E-state index contributed by atoms with van der Waals surface area (Å²) >= 11 is 0. The molecule has 4 N–H and O–H groups in total. The van der Waals surface area contributed by atoms with Crippen molar-refractivity contribution in [3.63, 3.8) is 0 Å². The second-order valence-electron chi connectivity index (χ2n) is 5.90. The van der Waals surface area contributed by atoms with Gasteiger partial charge in [-0.1, -0.05) is 25.7 Å². The minimum atomic E-state index is -0.742. The van der Waals surface area contributed by atoms with Gasteiger partial charge in [-0.15, -0.1) is 0 Å². The third-order valence-electron chi connectivity index (χ3n) is 4.11. The van der Waals surface area contributed by atoms with Crippen molar-refractivity contribution in [2.24, 2.45) is 0 Å². The first-order chi connectivity index (χ1) is 9.50. The van der Waals surface area contributed by atoms with E-state index in [1.54, 1.807) is 18.2 Å². The Bertz CT molecular complexity index is 477. The Hall–Kier alpha value is -1.55. The van der Waals surface area contributed by atoms with E-state index < -0.39 is 5.60 Å². The summed E-state index contributed by atoms with van der Waals surface area (Å²) in [5, 5.41) is 13.4. The maximum Gasteiger partial charge on any atom is 0.251 e. The van der Waals surface area contributed by atoms with E-state index in [-0.39, 0.29) is 5.91 Å². The van der Waals surface area contributed by atoms with Crippen LogP contribution in [0.25, 0.3) is 0 Å². The number of carbonyl (C=O) groups is 1. The zero-order chi connectivity index (χ0) is 14.6. The molecule has 4 heteroatoms. The van der Waals surface area contributed by atoms with Crippen molar-refractivity contribution >= 4 is 11.6 Å². The van der Waals surface area contributed by atoms with Crippen LogP contribution < -0.4 is 11.1 Å². The number of carbonyl (C=O) groups excluding carboxylic acids is 1. The second-order valence-corrected chi connectivity index (χ2v) is 5.90. The Morgan fingerprint density at radius 1 is 1.30 bits per heavy atom. The van der Waals surface area contributed by atoms with Gasteiger partial charge in [0.15, 0.2) is 0 Å². The molecular weight excluding hydrogens is 252 g/mol. The van der Waals surface area contributed by atoms with Crippen LogP contribution in [0, 0.1) is 6.92 Å². The summed E-state index contributed by atoms with van der Waals surface area (Å²) in [7, 11) is 0. The molecule has 0 bridgehead atoms. The molecule has 0 spiro atoms. The van der Waals surface area contributed by atoms with E-state index >= 15 is 0 Å². The van der Waals surface area contributed by atoms with E-state index in [4.69, 9.17) is 5.73 Å². The minimum absolute atomic E-state index is 0.139. The lowest BCUT2D eigenvalue weighted by Gasteiger charge is -2.27. The predicted octanol–water partition coefficient (Wildman–Crippen LogP) is 2.39. The van der Waals surface area contributed by atoms with Crippen LogP contribution in [-0.2, 0) is 0 Å². The topological polar surface area (TPSA) is 75.4 Å². The summed E-state index contributed by atoms with van der Waals surface area (Å²) in [4.78, 5) is 12.2. The largest absolute Gasteiger partial charge is 0.399 e. The van der Waals surface area contributed by atoms with Gasteiger partial charge in [-0.25, -0.2) is 0 Å². The van der Waals surface area contributed by atoms with Crippen LogP contribution in [0.3, 0.4) is 0 Å². The van der Waals surface area contributed by atoms with Gasteiger partial charge in [-0.2, -0.15) is 0 Å². The highest BCUT2D eigenvalue weighted by molar-refractivity contribution is 5.96. The molecule has 0 heterocycles. The minimum Gasteiger partial charge on any atom is -0.399 e. The summed E-state index contributed by atoms with van der Waals surface area (Å²) < 4.78 is 0. The van der Waals surface area contributed by atoms with Gasteiger partial charge in [0, 0.05) is 17.8 Å². The fraction of sp³-hybridized carbons (Fsp3) is 0.562. The number of anilines is 1. The zero-order valence-electron chi connectivity index (χ0n) is 12.1. The van der Waals surface area contributed by atoms with Crippen molar-refractivity contribution < 1.29 is 9.90 Å². The van der Waals surface area contributed by atoms with E-state index in [0.29, 0.717) is 17.8 Å². The monoisotopic (exact) mass is 276 g/mol. The van der Waals surface area contributed by atoms with Crippen LogP contribution in [0.5, 0.6) is 0 Å². The average Bonchev–Trinajstić information content (AvgIpc) is 2.61. The molecule has 4 nitrogen and oxygen atoms in total. The molecule has 110 valence electrons. The Morgan fingerprint density at radius 2 is 1.95 bits per heavy atom. The maximum absolute atomic E-state index is 12.2. The standard InChI is InChI=1S/C16H24N2O2/c1-12-10-13(17)6-7-14(12)15(19)18-11-16(20)8-4-2-3-5-9-16/h6-7,10,20H,2-5,8-9,11,17H2,1H3,(H,18,19). The number of hydrogen-bond donors (Lipinski definition) is 3. The summed E-state index contributed by atoms with van der Waals surface area (Å²) in [6, 6.07) is 5.24. The van der Waals surface area contributed by atoms with Crippen LogP contribution in [0.1, 0.15) is 54.4 Å². The van der Waals surface area contributed by atoms with E-state index in [0.717, 1.165) is 31.2 Å². The van der Waals surface area contributed by atoms with Crippen LogP contribution in [0.4, 0.5) is 5.69 Å². The fourth-order valence-corrected chi connectivity index (χ4v) is 2.85. The lowest BCUT2D eigenvalue weighted by Crippen LogP contribution is -2.42. The van der Waals surface area contributed by atoms with E-state index in [9.17, 15) is 9.90 Å².